The van der Waals surface area contributed by atoms with Crippen LogP contribution in [0.2, 0.25) is 0 Å². The van der Waals surface area contributed by atoms with Crippen LogP contribution in [-0.4, -0.2) is 27.3 Å². The van der Waals surface area contributed by atoms with Gasteiger partial charge < -0.3 is 15.2 Å². The maximum Gasteiger partial charge on any atom is 0.411 e. The molecule has 1 saturated carbocycles. The van der Waals surface area contributed by atoms with Crippen molar-refractivity contribution in [1.29, 1.82) is 0 Å². The molecule has 3 rings (SSSR count). The molecular formula is C14H19F3N4O. The molecule has 1 aliphatic heterocycles. The summed E-state index contributed by atoms with van der Waals surface area (Å²) in [5.74, 6) is 0.694. The van der Waals surface area contributed by atoms with Gasteiger partial charge in [0.05, 0.1) is 6.04 Å². The molecule has 0 aromatic carbocycles. The Labute approximate surface area is 126 Å². The van der Waals surface area contributed by atoms with E-state index >= 15 is 0 Å². The second kappa shape index (κ2) is 5.48. The number of fused-ring (bicyclic) bond motifs is 1. The van der Waals surface area contributed by atoms with Crippen molar-refractivity contribution < 1.29 is 18.0 Å². The van der Waals surface area contributed by atoms with E-state index in [4.69, 9.17) is 0 Å². The summed E-state index contributed by atoms with van der Waals surface area (Å²) in [5.41, 5.74) is -2.09. The predicted octanol–water partition coefficient (Wildman–Crippen LogP) is 2.89. The van der Waals surface area contributed by atoms with Gasteiger partial charge in [-0.05, 0) is 19.3 Å². The van der Waals surface area contributed by atoms with Gasteiger partial charge in [-0.1, -0.05) is 19.3 Å². The molecule has 5 nitrogen and oxygen atoms in total. The lowest BCUT2D eigenvalue weighted by atomic mass is 9.81. The number of urea groups is 1. The predicted molar refractivity (Wildman–Crippen MR) is 73.1 cm³/mol. The number of hydrogen-bond acceptors (Lipinski definition) is 2. The highest BCUT2D eigenvalue weighted by molar-refractivity contribution is 5.75. The van der Waals surface area contributed by atoms with Crippen LogP contribution in [0, 0.1) is 0 Å². The molecule has 22 heavy (non-hydrogen) atoms. The van der Waals surface area contributed by atoms with E-state index in [1.807, 2.05) is 4.57 Å². The van der Waals surface area contributed by atoms with Gasteiger partial charge in [-0.15, -0.1) is 0 Å². The summed E-state index contributed by atoms with van der Waals surface area (Å²) < 4.78 is 42.1. The van der Waals surface area contributed by atoms with Crippen LogP contribution in [0.15, 0.2) is 12.4 Å². The minimum Gasteiger partial charge on any atom is -0.333 e. The summed E-state index contributed by atoms with van der Waals surface area (Å²) in [6.07, 6.45) is 1.27. The van der Waals surface area contributed by atoms with E-state index in [9.17, 15) is 18.0 Å². The molecule has 0 radical (unpaired) electrons. The molecule has 2 N–H and O–H groups in total. The number of amides is 2. The van der Waals surface area contributed by atoms with Gasteiger partial charge in [0, 0.05) is 18.9 Å². The lowest BCUT2D eigenvalue weighted by molar-refractivity contribution is -0.201. The van der Waals surface area contributed by atoms with Crippen molar-refractivity contribution in [1.82, 2.24) is 20.2 Å². The third-order valence-electron chi connectivity index (χ3n) is 4.63. The van der Waals surface area contributed by atoms with Crippen LogP contribution in [0.25, 0.3) is 0 Å². The molecule has 0 spiro atoms. The van der Waals surface area contributed by atoms with Crippen molar-refractivity contribution in [3.63, 3.8) is 0 Å². The number of carbonyl (C=O) groups is 1. The highest BCUT2D eigenvalue weighted by Crippen LogP contribution is 2.41. The van der Waals surface area contributed by atoms with Gasteiger partial charge in [-0.25, -0.2) is 9.78 Å². The smallest absolute Gasteiger partial charge is 0.333 e. The van der Waals surface area contributed by atoms with E-state index < -0.39 is 17.7 Å². The molecular weight excluding hydrogens is 297 g/mol. The van der Waals surface area contributed by atoms with Crippen LogP contribution >= 0.6 is 0 Å². The standard InChI is InChI=1S/C14H19F3N4O/c15-14(16,17)13(5-2-1-3-6-13)20-12(22)19-10-4-8-21-9-7-18-11(10)21/h7,9-10H,1-6,8H2,(H2,19,20,22). The Morgan fingerprint density at radius 2 is 2.05 bits per heavy atom. The zero-order valence-corrected chi connectivity index (χ0v) is 12.1. The number of imidazole rings is 1. The highest BCUT2D eigenvalue weighted by atomic mass is 19.4. The van der Waals surface area contributed by atoms with Crippen molar-refractivity contribution in [3.8, 4) is 0 Å². The number of aromatic nitrogens is 2. The molecule has 2 heterocycles. The van der Waals surface area contributed by atoms with E-state index in [2.05, 4.69) is 15.6 Å². The van der Waals surface area contributed by atoms with Crippen molar-refractivity contribution in [2.45, 2.75) is 62.8 Å². The molecule has 1 aliphatic carbocycles. The summed E-state index contributed by atoms with van der Waals surface area (Å²) in [6, 6.07) is -1.09. The van der Waals surface area contributed by atoms with Gasteiger partial charge in [0.1, 0.15) is 11.4 Å². The van der Waals surface area contributed by atoms with Gasteiger partial charge in [0.15, 0.2) is 0 Å². The number of halogens is 3. The SMILES string of the molecule is O=C(NC1CCn2ccnc21)NC1(C(F)(F)F)CCCCC1. The van der Waals surface area contributed by atoms with Crippen molar-refractivity contribution >= 4 is 6.03 Å². The maximum absolute atomic E-state index is 13.4. The molecule has 1 unspecified atom stereocenters. The molecule has 0 bridgehead atoms. The molecule has 1 aromatic heterocycles. The van der Waals surface area contributed by atoms with E-state index in [1.54, 1.807) is 12.4 Å². The van der Waals surface area contributed by atoms with Gasteiger partial charge in [-0.3, -0.25) is 0 Å². The average molecular weight is 316 g/mol. The minimum absolute atomic E-state index is 0.0524. The van der Waals surface area contributed by atoms with Crippen LogP contribution in [0.4, 0.5) is 18.0 Å². The molecule has 1 atom stereocenters. The summed E-state index contributed by atoms with van der Waals surface area (Å²) in [4.78, 5) is 16.2. The number of aryl methyl sites for hydroxylation is 1. The normalized spacial score (nSPS) is 23.9. The van der Waals surface area contributed by atoms with E-state index in [1.165, 1.54) is 0 Å². The second-order valence-corrected chi connectivity index (χ2v) is 6.06. The lowest BCUT2D eigenvalue weighted by Gasteiger charge is -2.39. The first-order valence-corrected chi connectivity index (χ1v) is 7.58. The molecule has 8 heteroatoms. The van der Waals surface area contributed by atoms with Gasteiger partial charge in [-0.2, -0.15) is 13.2 Å². The minimum atomic E-state index is -4.43. The number of hydrogen-bond donors (Lipinski definition) is 2. The van der Waals surface area contributed by atoms with E-state index in [0.717, 1.165) is 6.42 Å². The fourth-order valence-corrected chi connectivity index (χ4v) is 3.40. The fraction of sp³-hybridized carbons (Fsp3) is 0.714. The number of nitrogens with zero attached hydrogens (tertiary/aromatic N) is 2. The monoisotopic (exact) mass is 316 g/mol. The zero-order chi connectivity index (χ0) is 15.8. The van der Waals surface area contributed by atoms with Crippen LogP contribution in [-0.2, 0) is 6.54 Å². The van der Waals surface area contributed by atoms with Crippen LogP contribution in [0.5, 0.6) is 0 Å². The fourth-order valence-electron chi connectivity index (χ4n) is 3.40. The Kier molecular flexibility index (Phi) is 3.78. The lowest BCUT2D eigenvalue weighted by Crippen LogP contribution is -2.61. The number of carbonyl (C=O) groups excluding carboxylic acids is 1. The van der Waals surface area contributed by atoms with E-state index in [-0.39, 0.29) is 18.9 Å². The molecule has 0 saturated heterocycles. The third kappa shape index (κ3) is 2.66. The number of rotatable bonds is 2. The van der Waals surface area contributed by atoms with Crippen molar-refractivity contribution in [3.05, 3.63) is 18.2 Å². The Morgan fingerprint density at radius 1 is 1.32 bits per heavy atom. The van der Waals surface area contributed by atoms with Gasteiger partial charge in [0.25, 0.3) is 0 Å². The number of nitrogens with one attached hydrogen (secondary N) is 2. The summed E-state index contributed by atoms with van der Waals surface area (Å²) in [5, 5.41) is 4.84. The first-order valence-electron chi connectivity index (χ1n) is 7.58. The highest BCUT2D eigenvalue weighted by Gasteiger charge is 2.55. The first kappa shape index (κ1) is 15.2. The second-order valence-electron chi connectivity index (χ2n) is 6.06. The van der Waals surface area contributed by atoms with Crippen LogP contribution in [0.3, 0.4) is 0 Å². The Morgan fingerprint density at radius 3 is 2.73 bits per heavy atom. The molecule has 1 fully saturated rings. The molecule has 122 valence electrons. The molecule has 1 aromatic rings. The van der Waals surface area contributed by atoms with Gasteiger partial charge in [0.2, 0.25) is 0 Å². The summed E-state index contributed by atoms with van der Waals surface area (Å²) in [6.45, 7) is 0.713. The van der Waals surface area contributed by atoms with E-state index in [0.29, 0.717) is 31.6 Å². The van der Waals surface area contributed by atoms with Crippen LogP contribution < -0.4 is 10.6 Å². The summed E-state index contributed by atoms with van der Waals surface area (Å²) >= 11 is 0. The van der Waals surface area contributed by atoms with Gasteiger partial charge >= 0.3 is 12.2 Å². The quantitative estimate of drug-likeness (QED) is 0.881. The average Bonchev–Trinajstić information content (AvgIpc) is 3.04. The largest absolute Gasteiger partial charge is 0.411 e. The zero-order valence-electron chi connectivity index (χ0n) is 12.1. The topological polar surface area (TPSA) is 59.0 Å². The first-order chi connectivity index (χ1) is 10.4. The number of alkyl halides is 3. The van der Waals surface area contributed by atoms with Crippen molar-refractivity contribution in [2.75, 3.05) is 0 Å². The molecule has 2 aliphatic rings. The summed E-state index contributed by atoms with van der Waals surface area (Å²) in [7, 11) is 0. The molecule has 2 amide bonds. The Balaban J connectivity index is 1.67. The van der Waals surface area contributed by atoms with Crippen LogP contribution in [0.1, 0.15) is 50.4 Å². The Bertz CT molecular complexity index is 549. The maximum atomic E-state index is 13.4. The van der Waals surface area contributed by atoms with Crippen molar-refractivity contribution in [2.24, 2.45) is 0 Å². The third-order valence-corrected chi connectivity index (χ3v) is 4.63. The Hall–Kier alpha value is -1.73.